The van der Waals surface area contributed by atoms with E-state index in [1.807, 2.05) is 11.3 Å². The van der Waals surface area contributed by atoms with Crippen LogP contribution in [0.3, 0.4) is 0 Å². The molecular formula is C12H19NS. The number of nitrogens with one attached hydrogen (secondary N) is 1. The van der Waals surface area contributed by atoms with Crippen LogP contribution in [-0.2, 0) is 0 Å². The van der Waals surface area contributed by atoms with Crippen molar-refractivity contribution in [2.45, 2.75) is 39.2 Å². The maximum atomic E-state index is 3.59. The molecule has 2 heteroatoms. The number of rotatable bonds is 5. The zero-order valence-electron chi connectivity index (χ0n) is 9.05. The van der Waals surface area contributed by atoms with Gasteiger partial charge in [0.25, 0.3) is 0 Å². The zero-order chi connectivity index (χ0) is 9.97. The fraction of sp³-hybridized carbons (Fsp3) is 0.667. The standard InChI is InChI=1S/C12H19NS/c1-9-3-6-12(14-9)10(2)13-8-7-11-4-5-11/h3,6,10-11,13H,4-5,7-8H2,1-2H3. The molecule has 0 radical (unpaired) electrons. The Morgan fingerprint density at radius 3 is 2.86 bits per heavy atom. The third kappa shape index (κ3) is 2.82. The molecular weight excluding hydrogens is 190 g/mol. The predicted molar refractivity (Wildman–Crippen MR) is 62.8 cm³/mol. The fourth-order valence-corrected chi connectivity index (χ4v) is 2.60. The Bertz CT molecular complexity index is 288. The van der Waals surface area contributed by atoms with Crippen molar-refractivity contribution in [2.75, 3.05) is 6.54 Å². The first kappa shape index (κ1) is 10.2. The van der Waals surface area contributed by atoms with E-state index in [0.717, 1.165) is 5.92 Å². The van der Waals surface area contributed by atoms with Crippen molar-refractivity contribution in [3.05, 3.63) is 21.9 Å². The summed E-state index contributed by atoms with van der Waals surface area (Å²) < 4.78 is 0. The van der Waals surface area contributed by atoms with Crippen LogP contribution in [0.1, 0.15) is 42.0 Å². The number of hydrogen-bond acceptors (Lipinski definition) is 2. The van der Waals surface area contributed by atoms with Crippen molar-refractivity contribution in [2.24, 2.45) is 5.92 Å². The van der Waals surface area contributed by atoms with Crippen LogP contribution in [0.25, 0.3) is 0 Å². The SMILES string of the molecule is Cc1ccc(C(C)NCCC2CC2)s1. The van der Waals surface area contributed by atoms with Crippen LogP contribution in [0.4, 0.5) is 0 Å². The third-order valence-electron chi connectivity index (χ3n) is 2.89. The van der Waals surface area contributed by atoms with Crippen LogP contribution in [-0.4, -0.2) is 6.54 Å². The van der Waals surface area contributed by atoms with Crippen molar-refractivity contribution >= 4 is 11.3 Å². The van der Waals surface area contributed by atoms with Gasteiger partial charge < -0.3 is 5.32 Å². The largest absolute Gasteiger partial charge is 0.309 e. The Balaban J connectivity index is 1.73. The van der Waals surface area contributed by atoms with Crippen LogP contribution < -0.4 is 5.32 Å². The minimum Gasteiger partial charge on any atom is -0.309 e. The second-order valence-electron chi connectivity index (χ2n) is 4.36. The van der Waals surface area contributed by atoms with Gasteiger partial charge in [-0.1, -0.05) is 12.8 Å². The average Bonchev–Trinajstić information content (AvgIpc) is 2.87. The van der Waals surface area contributed by atoms with Crippen LogP contribution in [0.5, 0.6) is 0 Å². The molecule has 0 aromatic carbocycles. The molecule has 1 fully saturated rings. The van der Waals surface area contributed by atoms with Gasteiger partial charge >= 0.3 is 0 Å². The van der Waals surface area contributed by atoms with Crippen molar-refractivity contribution in [1.82, 2.24) is 5.32 Å². The summed E-state index contributed by atoms with van der Waals surface area (Å²) in [4.78, 5) is 2.88. The number of aryl methyl sites for hydroxylation is 1. The average molecular weight is 209 g/mol. The van der Waals surface area contributed by atoms with Gasteiger partial charge in [-0.3, -0.25) is 0 Å². The molecule has 1 aromatic rings. The number of hydrogen-bond donors (Lipinski definition) is 1. The van der Waals surface area contributed by atoms with Crippen LogP contribution in [0, 0.1) is 12.8 Å². The van der Waals surface area contributed by atoms with E-state index in [9.17, 15) is 0 Å². The molecule has 1 atom stereocenters. The number of thiophene rings is 1. The van der Waals surface area contributed by atoms with Crippen molar-refractivity contribution in [3.63, 3.8) is 0 Å². The second-order valence-corrected chi connectivity index (χ2v) is 5.68. The van der Waals surface area contributed by atoms with Gasteiger partial charge in [0.1, 0.15) is 0 Å². The third-order valence-corrected chi connectivity index (χ3v) is 4.07. The molecule has 1 nitrogen and oxygen atoms in total. The summed E-state index contributed by atoms with van der Waals surface area (Å²) in [5.74, 6) is 1.04. The lowest BCUT2D eigenvalue weighted by Crippen LogP contribution is -2.19. The summed E-state index contributed by atoms with van der Waals surface area (Å²) in [5.41, 5.74) is 0. The van der Waals surface area contributed by atoms with E-state index in [1.165, 1.54) is 35.6 Å². The Morgan fingerprint density at radius 1 is 1.50 bits per heavy atom. The van der Waals surface area contributed by atoms with E-state index in [2.05, 4.69) is 31.3 Å². The summed E-state index contributed by atoms with van der Waals surface area (Å²) in [6.45, 7) is 5.62. The molecule has 78 valence electrons. The van der Waals surface area contributed by atoms with Gasteiger partial charge in [-0.25, -0.2) is 0 Å². The molecule has 0 saturated heterocycles. The Labute approximate surface area is 90.5 Å². The molecule has 1 aliphatic rings. The second kappa shape index (κ2) is 4.45. The first-order valence-electron chi connectivity index (χ1n) is 5.55. The maximum absolute atomic E-state index is 3.59. The molecule has 1 N–H and O–H groups in total. The lowest BCUT2D eigenvalue weighted by molar-refractivity contribution is 0.545. The molecule has 1 saturated carbocycles. The topological polar surface area (TPSA) is 12.0 Å². The van der Waals surface area contributed by atoms with Gasteiger partial charge in [-0.2, -0.15) is 0 Å². The highest BCUT2D eigenvalue weighted by atomic mass is 32.1. The summed E-state index contributed by atoms with van der Waals surface area (Å²) >= 11 is 1.91. The maximum Gasteiger partial charge on any atom is 0.0386 e. The zero-order valence-corrected chi connectivity index (χ0v) is 9.86. The predicted octanol–water partition coefficient (Wildman–Crippen LogP) is 3.51. The van der Waals surface area contributed by atoms with E-state index in [4.69, 9.17) is 0 Å². The Morgan fingerprint density at radius 2 is 2.29 bits per heavy atom. The highest BCUT2D eigenvalue weighted by Gasteiger charge is 2.20. The van der Waals surface area contributed by atoms with Crippen molar-refractivity contribution < 1.29 is 0 Å². The smallest absolute Gasteiger partial charge is 0.0386 e. The van der Waals surface area contributed by atoms with Gasteiger partial charge in [0.05, 0.1) is 0 Å². The highest BCUT2D eigenvalue weighted by molar-refractivity contribution is 7.12. The molecule has 1 heterocycles. The minimum absolute atomic E-state index is 0.535. The highest BCUT2D eigenvalue weighted by Crippen LogP contribution is 2.32. The van der Waals surface area contributed by atoms with Gasteiger partial charge in [-0.15, -0.1) is 11.3 Å². The van der Waals surface area contributed by atoms with Crippen LogP contribution in [0.15, 0.2) is 12.1 Å². The lowest BCUT2D eigenvalue weighted by atomic mass is 10.2. The van der Waals surface area contributed by atoms with Gasteiger partial charge in [0.2, 0.25) is 0 Å². The molecule has 1 unspecified atom stereocenters. The van der Waals surface area contributed by atoms with Gasteiger partial charge in [0, 0.05) is 15.8 Å². The van der Waals surface area contributed by atoms with E-state index in [0.29, 0.717) is 6.04 Å². The molecule has 1 aromatic heterocycles. The summed E-state index contributed by atoms with van der Waals surface area (Å²) in [5, 5.41) is 3.59. The molecule has 0 amide bonds. The monoisotopic (exact) mass is 209 g/mol. The first-order chi connectivity index (χ1) is 6.75. The van der Waals surface area contributed by atoms with E-state index < -0.39 is 0 Å². The molecule has 14 heavy (non-hydrogen) atoms. The van der Waals surface area contributed by atoms with Crippen molar-refractivity contribution in [1.29, 1.82) is 0 Å². The first-order valence-corrected chi connectivity index (χ1v) is 6.37. The molecule has 0 spiro atoms. The minimum atomic E-state index is 0.535. The van der Waals surface area contributed by atoms with Gasteiger partial charge in [0.15, 0.2) is 0 Å². The van der Waals surface area contributed by atoms with Gasteiger partial charge in [-0.05, 0) is 44.9 Å². The molecule has 0 bridgehead atoms. The summed E-state index contributed by atoms with van der Waals surface area (Å²) in [6.07, 6.45) is 4.30. The lowest BCUT2D eigenvalue weighted by Gasteiger charge is -2.11. The molecule has 2 rings (SSSR count). The fourth-order valence-electron chi connectivity index (χ4n) is 1.70. The van der Waals surface area contributed by atoms with E-state index >= 15 is 0 Å². The van der Waals surface area contributed by atoms with Crippen LogP contribution >= 0.6 is 11.3 Å². The van der Waals surface area contributed by atoms with Crippen LogP contribution in [0.2, 0.25) is 0 Å². The quantitative estimate of drug-likeness (QED) is 0.782. The van der Waals surface area contributed by atoms with E-state index in [1.54, 1.807) is 0 Å². The molecule has 1 aliphatic carbocycles. The van der Waals surface area contributed by atoms with E-state index in [-0.39, 0.29) is 0 Å². The molecule has 0 aliphatic heterocycles. The Kier molecular flexibility index (Phi) is 3.24. The summed E-state index contributed by atoms with van der Waals surface area (Å²) in [6, 6.07) is 4.99. The Hall–Kier alpha value is -0.340. The normalized spacial score (nSPS) is 18.4. The van der Waals surface area contributed by atoms with Crippen molar-refractivity contribution in [3.8, 4) is 0 Å². The summed E-state index contributed by atoms with van der Waals surface area (Å²) in [7, 11) is 0.